The summed E-state index contributed by atoms with van der Waals surface area (Å²) in [6, 6.07) is -0.797. The molecule has 2 N–H and O–H groups in total. The average Bonchev–Trinajstić information content (AvgIpc) is 3.32. The van der Waals surface area contributed by atoms with Gasteiger partial charge in [-0.15, -0.1) is 0 Å². The highest BCUT2D eigenvalue weighted by molar-refractivity contribution is 7.45. The zero-order valence-electron chi connectivity index (χ0n) is 47.5. The number of carbonyl (C=O) groups excluding carboxylic acids is 1. The number of rotatable bonds is 57. The van der Waals surface area contributed by atoms with Crippen LogP contribution in [0.25, 0.3) is 0 Å². The van der Waals surface area contributed by atoms with Crippen LogP contribution in [0.4, 0.5) is 0 Å². The maximum atomic E-state index is 13.0. The second-order valence-corrected chi connectivity index (χ2v) is 23.8. The molecule has 9 heteroatoms. The molecule has 70 heavy (non-hydrogen) atoms. The molecule has 0 rings (SSSR count). The fourth-order valence-electron chi connectivity index (χ4n) is 9.37. The van der Waals surface area contributed by atoms with Crippen molar-refractivity contribution < 1.29 is 32.9 Å². The number of aliphatic hydroxyl groups excluding tert-OH is 1. The number of nitrogens with one attached hydrogen (secondary N) is 1. The van der Waals surface area contributed by atoms with Crippen LogP contribution < -0.4 is 10.2 Å². The molecule has 0 aliphatic carbocycles. The summed E-state index contributed by atoms with van der Waals surface area (Å²) in [5, 5.41) is 14.0. The minimum atomic E-state index is -4.57. The number of hydrogen-bond donors (Lipinski definition) is 2. The summed E-state index contributed by atoms with van der Waals surface area (Å²) in [6.45, 7) is 4.75. The number of aliphatic hydroxyl groups is 1. The fourth-order valence-corrected chi connectivity index (χ4v) is 10.1. The van der Waals surface area contributed by atoms with E-state index in [1.54, 1.807) is 0 Å². The molecule has 0 heterocycles. The van der Waals surface area contributed by atoms with Crippen LogP contribution >= 0.6 is 7.82 Å². The zero-order chi connectivity index (χ0) is 51.3. The van der Waals surface area contributed by atoms with Crippen LogP contribution in [-0.2, 0) is 18.4 Å². The third kappa shape index (κ3) is 54.7. The van der Waals surface area contributed by atoms with E-state index in [4.69, 9.17) is 9.05 Å². The van der Waals surface area contributed by atoms with E-state index < -0.39 is 20.0 Å². The lowest BCUT2D eigenvalue weighted by Crippen LogP contribution is -2.46. The Kier molecular flexibility index (Phi) is 52.1. The largest absolute Gasteiger partial charge is 0.756 e. The van der Waals surface area contributed by atoms with Gasteiger partial charge in [0.25, 0.3) is 7.82 Å². The highest BCUT2D eigenvalue weighted by atomic mass is 31.2. The first kappa shape index (κ1) is 69.0. The summed E-state index contributed by atoms with van der Waals surface area (Å²) in [7, 11) is 1.32. The van der Waals surface area contributed by atoms with Gasteiger partial charge in [0.05, 0.1) is 39.9 Å². The molecule has 416 valence electrons. The molecule has 0 spiro atoms. The van der Waals surface area contributed by atoms with Gasteiger partial charge in [-0.05, 0) is 44.9 Å². The van der Waals surface area contributed by atoms with Gasteiger partial charge in [0.2, 0.25) is 5.91 Å². The Morgan fingerprint density at radius 2 is 0.829 bits per heavy atom. The van der Waals surface area contributed by atoms with Crippen LogP contribution in [0.15, 0.2) is 24.3 Å². The molecule has 0 aliphatic rings. The van der Waals surface area contributed by atoms with Crippen LogP contribution in [0.1, 0.15) is 309 Å². The third-order valence-electron chi connectivity index (χ3n) is 14.2. The molecule has 1 amide bonds. The first-order valence-electron chi connectivity index (χ1n) is 30.7. The van der Waals surface area contributed by atoms with Gasteiger partial charge >= 0.3 is 0 Å². The average molecular weight is 1010 g/mol. The normalized spacial score (nSPS) is 14.0. The van der Waals surface area contributed by atoms with E-state index in [1.165, 1.54) is 238 Å². The lowest BCUT2D eigenvalue weighted by atomic mass is 10.0. The van der Waals surface area contributed by atoms with Crippen molar-refractivity contribution in [2.24, 2.45) is 0 Å². The van der Waals surface area contributed by atoms with Crippen molar-refractivity contribution in [1.82, 2.24) is 5.32 Å². The highest BCUT2D eigenvalue weighted by Gasteiger charge is 2.24. The summed E-state index contributed by atoms with van der Waals surface area (Å²) in [5.41, 5.74) is 0. The van der Waals surface area contributed by atoms with Crippen molar-refractivity contribution in [3.8, 4) is 0 Å². The molecular formula is C61H121N2O6P. The molecule has 0 saturated heterocycles. The van der Waals surface area contributed by atoms with E-state index in [2.05, 4.69) is 43.5 Å². The highest BCUT2D eigenvalue weighted by Crippen LogP contribution is 2.38. The number of phosphoric acid groups is 1. The molecule has 3 unspecified atom stereocenters. The molecule has 0 aromatic carbocycles. The van der Waals surface area contributed by atoms with E-state index in [0.717, 1.165) is 44.9 Å². The lowest BCUT2D eigenvalue weighted by molar-refractivity contribution is -0.870. The van der Waals surface area contributed by atoms with Crippen LogP contribution in [-0.4, -0.2) is 68.5 Å². The number of unbranched alkanes of at least 4 members (excludes halogenated alkanes) is 40. The Morgan fingerprint density at radius 1 is 0.500 bits per heavy atom. The van der Waals surface area contributed by atoms with Gasteiger partial charge in [-0.25, -0.2) is 0 Å². The minimum Gasteiger partial charge on any atom is -0.756 e. The van der Waals surface area contributed by atoms with Gasteiger partial charge in [0, 0.05) is 6.42 Å². The van der Waals surface area contributed by atoms with Gasteiger partial charge in [-0.1, -0.05) is 282 Å². The number of allylic oxidation sites excluding steroid dienone is 4. The number of nitrogens with zero attached hydrogens (tertiary/aromatic N) is 1. The van der Waals surface area contributed by atoms with E-state index in [9.17, 15) is 19.4 Å². The van der Waals surface area contributed by atoms with Crippen molar-refractivity contribution in [3.05, 3.63) is 24.3 Å². The Morgan fingerprint density at radius 3 is 1.19 bits per heavy atom. The van der Waals surface area contributed by atoms with Gasteiger partial charge in [-0.2, -0.15) is 0 Å². The maximum absolute atomic E-state index is 13.0. The molecule has 0 aromatic rings. The summed E-state index contributed by atoms with van der Waals surface area (Å²) in [6.07, 6.45) is 66.6. The van der Waals surface area contributed by atoms with E-state index in [1.807, 2.05) is 21.1 Å². The van der Waals surface area contributed by atoms with Gasteiger partial charge < -0.3 is 28.8 Å². The van der Waals surface area contributed by atoms with Crippen LogP contribution in [0.5, 0.6) is 0 Å². The number of quaternary nitrogens is 1. The Hall–Kier alpha value is -1.02. The standard InChI is InChI=1S/C61H121N2O6P/c1-6-8-10-12-14-16-18-20-22-23-24-25-26-27-28-29-30-31-32-33-34-35-36-37-38-39-41-43-45-47-49-51-53-55-61(65)62-59(58-69-70(66,67)68-57-56-63(3,4)5)60(64)54-52-50-48-46-44-42-40-21-19-17-15-13-11-9-7-2/h18,20,23-24,59-60,64H,6-17,19,21-22,25-58H2,1-5H3,(H-,62,65,66,67)/b20-18-,24-23-. The van der Waals surface area contributed by atoms with E-state index in [0.29, 0.717) is 23.9 Å². The third-order valence-corrected chi connectivity index (χ3v) is 15.2. The molecule has 3 atom stereocenters. The lowest BCUT2D eigenvalue weighted by Gasteiger charge is -2.30. The molecule has 0 fully saturated rings. The molecule has 0 radical (unpaired) electrons. The van der Waals surface area contributed by atoms with Crippen molar-refractivity contribution in [2.75, 3.05) is 40.9 Å². The predicted molar refractivity (Wildman–Crippen MR) is 302 cm³/mol. The number of amides is 1. The van der Waals surface area contributed by atoms with Crippen molar-refractivity contribution in [2.45, 2.75) is 321 Å². The zero-order valence-corrected chi connectivity index (χ0v) is 48.4. The van der Waals surface area contributed by atoms with Gasteiger partial charge in [0.1, 0.15) is 13.2 Å². The van der Waals surface area contributed by atoms with Crippen LogP contribution in [0.3, 0.4) is 0 Å². The minimum absolute atomic E-state index is 0.0148. The molecule has 8 nitrogen and oxygen atoms in total. The van der Waals surface area contributed by atoms with E-state index in [-0.39, 0.29) is 19.1 Å². The number of phosphoric ester groups is 1. The van der Waals surface area contributed by atoms with Crippen LogP contribution in [0.2, 0.25) is 0 Å². The smallest absolute Gasteiger partial charge is 0.268 e. The monoisotopic (exact) mass is 1010 g/mol. The summed E-state index contributed by atoms with van der Waals surface area (Å²) < 4.78 is 23.4. The second kappa shape index (κ2) is 52.8. The first-order chi connectivity index (χ1) is 34.0. The molecule has 0 saturated carbocycles. The second-order valence-electron chi connectivity index (χ2n) is 22.4. The quantitative estimate of drug-likeness (QED) is 0.0272. The SMILES string of the molecule is CCCCCCC/C=C\C/C=C\CCCCCCCCCCCCCCCCCCCCCCCC(=O)NC(COP(=O)([O-])OCC[N+](C)(C)C)C(O)CCCCCCCCCCCCCCCCC. The Labute approximate surface area is 436 Å². The van der Waals surface area contributed by atoms with Crippen molar-refractivity contribution in [3.63, 3.8) is 0 Å². The van der Waals surface area contributed by atoms with Crippen molar-refractivity contribution >= 4 is 13.7 Å². The number of carbonyl (C=O) groups is 1. The Balaban J connectivity index is 3.97. The fraction of sp³-hybridized carbons (Fsp3) is 0.918. The van der Waals surface area contributed by atoms with Crippen molar-refractivity contribution in [1.29, 1.82) is 0 Å². The van der Waals surface area contributed by atoms with Crippen LogP contribution in [0, 0.1) is 0 Å². The Bertz CT molecular complexity index is 1190. The summed E-state index contributed by atoms with van der Waals surface area (Å²) in [5.74, 6) is -0.159. The van der Waals surface area contributed by atoms with Gasteiger partial charge in [-0.3, -0.25) is 9.36 Å². The molecule has 0 bridgehead atoms. The predicted octanol–water partition coefficient (Wildman–Crippen LogP) is 18.1. The molecular weight excluding hydrogens is 888 g/mol. The summed E-state index contributed by atoms with van der Waals surface area (Å²) >= 11 is 0. The number of likely N-dealkylation sites (N-methyl/N-ethyl adjacent to an activating group) is 1. The summed E-state index contributed by atoms with van der Waals surface area (Å²) in [4.78, 5) is 25.5. The topological polar surface area (TPSA) is 108 Å². The number of hydrogen-bond acceptors (Lipinski definition) is 6. The van der Waals surface area contributed by atoms with E-state index >= 15 is 0 Å². The maximum Gasteiger partial charge on any atom is 0.268 e. The van der Waals surface area contributed by atoms with Gasteiger partial charge in [0.15, 0.2) is 0 Å². The first-order valence-corrected chi connectivity index (χ1v) is 32.1. The molecule has 0 aromatic heterocycles. The molecule has 0 aliphatic heterocycles.